The predicted octanol–water partition coefficient (Wildman–Crippen LogP) is 2.92. The summed E-state index contributed by atoms with van der Waals surface area (Å²) in [7, 11) is -3.03. The summed E-state index contributed by atoms with van der Waals surface area (Å²) in [6.07, 6.45) is 10.9. The molecule has 4 heteroatoms. The minimum Gasteiger partial charge on any atom is -0.392 e. The van der Waals surface area contributed by atoms with Crippen LogP contribution in [0.15, 0.2) is 0 Å². The summed E-state index contributed by atoms with van der Waals surface area (Å²) in [6, 6.07) is 0. The van der Waals surface area contributed by atoms with Crippen LogP contribution in [-0.2, 0) is 9.84 Å². The molecule has 0 aromatic rings. The van der Waals surface area contributed by atoms with Gasteiger partial charge >= 0.3 is 0 Å². The van der Waals surface area contributed by atoms with Gasteiger partial charge in [0.15, 0.2) is 0 Å². The van der Waals surface area contributed by atoms with Gasteiger partial charge in [-0.3, -0.25) is 0 Å². The van der Waals surface area contributed by atoms with E-state index in [0.29, 0.717) is 6.42 Å². The molecule has 0 aliphatic carbocycles. The number of hydrogen-bond donors (Lipinski definition) is 1. The molecular formula is C13H28O3S. The van der Waals surface area contributed by atoms with Crippen LogP contribution >= 0.6 is 0 Å². The van der Waals surface area contributed by atoms with E-state index in [1.165, 1.54) is 44.8 Å². The van der Waals surface area contributed by atoms with Gasteiger partial charge in [-0.1, -0.05) is 58.3 Å². The van der Waals surface area contributed by atoms with E-state index in [-0.39, 0.29) is 5.75 Å². The fourth-order valence-electron chi connectivity index (χ4n) is 1.95. The van der Waals surface area contributed by atoms with Crippen molar-refractivity contribution in [2.45, 2.75) is 70.8 Å². The summed E-state index contributed by atoms with van der Waals surface area (Å²) < 4.78 is 21.8. The first-order valence-electron chi connectivity index (χ1n) is 6.81. The van der Waals surface area contributed by atoms with Crippen LogP contribution in [0.25, 0.3) is 0 Å². The second-order valence-electron chi connectivity index (χ2n) is 5.01. The molecular weight excluding hydrogens is 236 g/mol. The van der Waals surface area contributed by atoms with Gasteiger partial charge in [0, 0.05) is 6.26 Å². The molecule has 1 atom stereocenters. The van der Waals surface area contributed by atoms with Gasteiger partial charge in [-0.05, 0) is 6.42 Å². The molecule has 0 aromatic carbocycles. The SMILES string of the molecule is CCCCCCCCCCC(O)CS(C)(=O)=O. The van der Waals surface area contributed by atoms with Crippen molar-refractivity contribution in [1.82, 2.24) is 0 Å². The third kappa shape index (κ3) is 13.8. The predicted molar refractivity (Wildman–Crippen MR) is 72.9 cm³/mol. The molecule has 0 saturated heterocycles. The molecule has 0 rings (SSSR count). The van der Waals surface area contributed by atoms with Crippen LogP contribution in [0.4, 0.5) is 0 Å². The molecule has 0 bridgehead atoms. The van der Waals surface area contributed by atoms with Gasteiger partial charge in [-0.25, -0.2) is 8.42 Å². The lowest BCUT2D eigenvalue weighted by Crippen LogP contribution is -2.19. The van der Waals surface area contributed by atoms with Crippen LogP contribution in [-0.4, -0.2) is 31.6 Å². The Morgan fingerprint density at radius 2 is 1.41 bits per heavy atom. The summed E-state index contributed by atoms with van der Waals surface area (Å²) in [5.41, 5.74) is 0. The topological polar surface area (TPSA) is 54.4 Å². The zero-order valence-electron chi connectivity index (χ0n) is 11.3. The van der Waals surface area contributed by atoms with Crippen LogP contribution < -0.4 is 0 Å². The maximum Gasteiger partial charge on any atom is 0.149 e. The average Bonchev–Trinajstić information content (AvgIpc) is 2.19. The molecule has 104 valence electrons. The van der Waals surface area contributed by atoms with Gasteiger partial charge < -0.3 is 5.11 Å². The standard InChI is InChI=1S/C13H28O3S/c1-3-4-5-6-7-8-9-10-11-13(14)12-17(2,15)16/h13-14H,3-12H2,1-2H3. The van der Waals surface area contributed by atoms with Gasteiger partial charge in [-0.15, -0.1) is 0 Å². The monoisotopic (exact) mass is 264 g/mol. The van der Waals surface area contributed by atoms with Gasteiger partial charge in [0.1, 0.15) is 9.84 Å². The molecule has 1 N–H and O–H groups in total. The van der Waals surface area contributed by atoms with Crippen molar-refractivity contribution in [3.8, 4) is 0 Å². The first-order chi connectivity index (χ1) is 7.95. The third-order valence-electron chi connectivity index (χ3n) is 2.89. The van der Waals surface area contributed by atoms with Crippen molar-refractivity contribution in [2.75, 3.05) is 12.0 Å². The van der Waals surface area contributed by atoms with E-state index in [4.69, 9.17) is 0 Å². The Morgan fingerprint density at radius 3 is 1.88 bits per heavy atom. The van der Waals surface area contributed by atoms with E-state index >= 15 is 0 Å². The van der Waals surface area contributed by atoms with Crippen LogP contribution in [0.3, 0.4) is 0 Å². The van der Waals surface area contributed by atoms with E-state index in [0.717, 1.165) is 12.8 Å². The van der Waals surface area contributed by atoms with Gasteiger partial charge in [0.05, 0.1) is 11.9 Å². The smallest absolute Gasteiger partial charge is 0.149 e. The summed E-state index contributed by atoms with van der Waals surface area (Å²) in [6.45, 7) is 2.21. The maximum atomic E-state index is 10.9. The summed E-state index contributed by atoms with van der Waals surface area (Å²) in [5, 5.41) is 9.48. The Hall–Kier alpha value is -0.0900. The number of aliphatic hydroxyl groups excluding tert-OH is 1. The lowest BCUT2D eigenvalue weighted by molar-refractivity contribution is 0.183. The van der Waals surface area contributed by atoms with Crippen LogP contribution in [0, 0.1) is 0 Å². The van der Waals surface area contributed by atoms with Gasteiger partial charge in [0.2, 0.25) is 0 Å². The van der Waals surface area contributed by atoms with Gasteiger partial charge in [0.25, 0.3) is 0 Å². The molecule has 0 heterocycles. The van der Waals surface area contributed by atoms with Crippen molar-refractivity contribution in [1.29, 1.82) is 0 Å². The van der Waals surface area contributed by atoms with E-state index in [1.807, 2.05) is 0 Å². The third-order valence-corrected chi connectivity index (χ3v) is 3.88. The minimum atomic E-state index is -3.03. The fourth-order valence-corrected chi connectivity index (χ4v) is 2.81. The highest BCUT2D eigenvalue weighted by Crippen LogP contribution is 2.11. The van der Waals surface area contributed by atoms with Crippen LogP contribution in [0.5, 0.6) is 0 Å². The van der Waals surface area contributed by atoms with Crippen molar-refractivity contribution in [3.63, 3.8) is 0 Å². The molecule has 3 nitrogen and oxygen atoms in total. The number of hydrogen-bond acceptors (Lipinski definition) is 3. The largest absolute Gasteiger partial charge is 0.392 e. The highest BCUT2D eigenvalue weighted by Gasteiger charge is 2.11. The summed E-state index contributed by atoms with van der Waals surface area (Å²) >= 11 is 0. The molecule has 0 aliphatic heterocycles. The quantitative estimate of drug-likeness (QED) is 0.584. The minimum absolute atomic E-state index is 0.0938. The molecule has 0 spiro atoms. The number of aliphatic hydroxyl groups is 1. The number of sulfone groups is 1. The van der Waals surface area contributed by atoms with Crippen LogP contribution in [0.1, 0.15) is 64.7 Å². The first kappa shape index (κ1) is 16.9. The van der Waals surface area contributed by atoms with Crippen molar-refractivity contribution >= 4 is 9.84 Å². The second kappa shape index (κ2) is 9.89. The highest BCUT2D eigenvalue weighted by atomic mass is 32.2. The average molecular weight is 264 g/mol. The fraction of sp³-hybridized carbons (Fsp3) is 1.00. The molecule has 0 aromatic heterocycles. The lowest BCUT2D eigenvalue weighted by Gasteiger charge is -2.08. The maximum absolute atomic E-state index is 10.9. The second-order valence-corrected chi connectivity index (χ2v) is 7.19. The zero-order chi connectivity index (χ0) is 13.1. The first-order valence-corrected chi connectivity index (χ1v) is 8.87. The van der Waals surface area contributed by atoms with E-state index in [2.05, 4.69) is 6.92 Å². The van der Waals surface area contributed by atoms with Crippen molar-refractivity contribution in [3.05, 3.63) is 0 Å². The Kier molecular flexibility index (Phi) is 9.84. The highest BCUT2D eigenvalue weighted by molar-refractivity contribution is 7.90. The normalized spacial score (nSPS) is 13.8. The van der Waals surface area contributed by atoms with Gasteiger partial charge in [-0.2, -0.15) is 0 Å². The summed E-state index contributed by atoms with van der Waals surface area (Å²) in [4.78, 5) is 0. The number of rotatable bonds is 11. The zero-order valence-corrected chi connectivity index (χ0v) is 12.1. The van der Waals surface area contributed by atoms with Crippen molar-refractivity contribution in [2.24, 2.45) is 0 Å². The Labute approximate surface area is 107 Å². The molecule has 0 amide bonds. The molecule has 0 radical (unpaired) electrons. The number of unbranched alkanes of at least 4 members (excludes halogenated alkanes) is 7. The Bertz CT molecular complexity index is 260. The molecule has 17 heavy (non-hydrogen) atoms. The van der Waals surface area contributed by atoms with Crippen LogP contribution in [0.2, 0.25) is 0 Å². The summed E-state index contributed by atoms with van der Waals surface area (Å²) in [5.74, 6) is -0.0938. The Balaban J connectivity index is 3.28. The lowest BCUT2D eigenvalue weighted by atomic mass is 10.1. The van der Waals surface area contributed by atoms with Crippen molar-refractivity contribution < 1.29 is 13.5 Å². The molecule has 1 unspecified atom stereocenters. The molecule has 0 saturated carbocycles. The Morgan fingerprint density at radius 1 is 0.941 bits per heavy atom. The van der Waals surface area contributed by atoms with E-state index < -0.39 is 15.9 Å². The molecule has 0 aliphatic rings. The molecule has 0 fully saturated rings. The van der Waals surface area contributed by atoms with E-state index in [9.17, 15) is 13.5 Å². The van der Waals surface area contributed by atoms with E-state index in [1.54, 1.807) is 0 Å².